The first-order valence-electron chi connectivity index (χ1n) is 4.47. The summed E-state index contributed by atoms with van der Waals surface area (Å²) in [5.74, 6) is 0. The van der Waals surface area contributed by atoms with Crippen molar-refractivity contribution in [2.75, 3.05) is 0 Å². The van der Waals surface area contributed by atoms with E-state index in [9.17, 15) is 0 Å². The minimum atomic E-state index is 0.627. The summed E-state index contributed by atoms with van der Waals surface area (Å²) in [7, 11) is 0. The number of halogens is 2. The SMILES string of the molecule is [CH2]CCCCc1ccc(Cl)c(Cl)c1. The predicted molar refractivity (Wildman–Crippen MR) is 59.4 cm³/mol. The van der Waals surface area contributed by atoms with Crippen molar-refractivity contribution in [3.05, 3.63) is 40.7 Å². The lowest BCUT2D eigenvalue weighted by Crippen LogP contribution is -1.85. The maximum Gasteiger partial charge on any atom is 0.0595 e. The second-order valence-corrected chi connectivity index (χ2v) is 3.87. The van der Waals surface area contributed by atoms with Crippen LogP contribution in [-0.2, 0) is 6.42 Å². The zero-order chi connectivity index (χ0) is 9.68. The normalized spacial score (nSPS) is 10.4. The molecule has 0 nitrogen and oxygen atoms in total. The molecule has 1 aromatic carbocycles. The average molecular weight is 216 g/mol. The van der Waals surface area contributed by atoms with Crippen LogP contribution >= 0.6 is 23.2 Å². The molecule has 0 aliphatic heterocycles. The van der Waals surface area contributed by atoms with Crippen molar-refractivity contribution in [2.45, 2.75) is 25.7 Å². The molecule has 0 aromatic heterocycles. The van der Waals surface area contributed by atoms with Gasteiger partial charge in [0.05, 0.1) is 10.0 Å². The topological polar surface area (TPSA) is 0 Å². The van der Waals surface area contributed by atoms with Gasteiger partial charge in [0.1, 0.15) is 0 Å². The first-order chi connectivity index (χ1) is 6.24. The van der Waals surface area contributed by atoms with Crippen LogP contribution in [0.2, 0.25) is 10.0 Å². The van der Waals surface area contributed by atoms with Crippen LogP contribution in [0.1, 0.15) is 24.8 Å². The largest absolute Gasteiger partial charge is 0.0827 e. The first kappa shape index (κ1) is 10.9. The minimum Gasteiger partial charge on any atom is -0.0827 e. The quantitative estimate of drug-likeness (QED) is 0.648. The molecule has 0 aliphatic rings. The molecular formula is C11H13Cl2. The Balaban J connectivity index is 2.53. The standard InChI is InChI=1S/C11H13Cl2/c1-2-3-4-5-9-6-7-10(12)11(13)8-9/h6-8H,1-5H2. The summed E-state index contributed by atoms with van der Waals surface area (Å²) in [5.41, 5.74) is 1.25. The van der Waals surface area contributed by atoms with Crippen LogP contribution in [0.3, 0.4) is 0 Å². The molecule has 0 N–H and O–H groups in total. The van der Waals surface area contributed by atoms with E-state index in [2.05, 4.69) is 6.92 Å². The summed E-state index contributed by atoms with van der Waals surface area (Å²) < 4.78 is 0. The van der Waals surface area contributed by atoms with E-state index in [4.69, 9.17) is 23.2 Å². The van der Waals surface area contributed by atoms with Gasteiger partial charge in [-0.2, -0.15) is 0 Å². The van der Waals surface area contributed by atoms with E-state index in [-0.39, 0.29) is 0 Å². The van der Waals surface area contributed by atoms with Gasteiger partial charge in [-0.25, -0.2) is 0 Å². The van der Waals surface area contributed by atoms with Crippen molar-refractivity contribution in [1.29, 1.82) is 0 Å². The third kappa shape index (κ3) is 3.58. The molecule has 0 fully saturated rings. The lowest BCUT2D eigenvalue weighted by Gasteiger charge is -2.02. The molecule has 0 spiro atoms. The summed E-state index contributed by atoms with van der Waals surface area (Å²) in [6.07, 6.45) is 4.40. The fourth-order valence-corrected chi connectivity index (χ4v) is 1.52. The van der Waals surface area contributed by atoms with Gasteiger partial charge in [0.2, 0.25) is 0 Å². The van der Waals surface area contributed by atoms with Gasteiger partial charge in [-0.1, -0.05) is 49.0 Å². The van der Waals surface area contributed by atoms with Gasteiger partial charge in [-0.15, -0.1) is 0 Å². The Kier molecular flexibility index (Phi) is 4.61. The molecular weight excluding hydrogens is 203 g/mol. The monoisotopic (exact) mass is 215 g/mol. The lowest BCUT2D eigenvalue weighted by molar-refractivity contribution is 0.746. The van der Waals surface area contributed by atoms with Gasteiger partial charge >= 0.3 is 0 Å². The Labute approximate surface area is 89.9 Å². The van der Waals surface area contributed by atoms with Crippen molar-refractivity contribution in [1.82, 2.24) is 0 Å². The molecule has 0 aliphatic carbocycles. The molecule has 1 radical (unpaired) electrons. The van der Waals surface area contributed by atoms with Crippen LogP contribution < -0.4 is 0 Å². The first-order valence-corrected chi connectivity index (χ1v) is 5.23. The number of unbranched alkanes of at least 4 members (excludes halogenated alkanes) is 2. The van der Waals surface area contributed by atoms with Gasteiger partial charge in [0.25, 0.3) is 0 Å². The predicted octanol–water partition coefficient (Wildman–Crippen LogP) is 4.54. The van der Waals surface area contributed by atoms with Crippen molar-refractivity contribution >= 4 is 23.2 Å². The van der Waals surface area contributed by atoms with Gasteiger partial charge in [-0.3, -0.25) is 0 Å². The molecule has 2 heteroatoms. The minimum absolute atomic E-state index is 0.627. The van der Waals surface area contributed by atoms with Crippen LogP contribution in [0.5, 0.6) is 0 Å². The second kappa shape index (κ2) is 5.51. The van der Waals surface area contributed by atoms with E-state index >= 15 is 0 Å². The number of hydrogen-bond donors (Lipinski definition) is 0. The maximum atomic E-state index is 5.88. The Bertz CT molecular complexity index is 269. The van der Waals surface area contributed by atoms with Crippen LogP contribution in [0.4, 0.5) is 0 Å². The molecule has 0 saturated heterocycles. The van der Waals surface area contributed by atoms with Crippen molar-refractivity contribution in [2.24, 2.45) is 0 Å². The van der Waals surface area contributed by atoms with Crippen LogP contribution in [-0.4, -0.2) is 0 Å². The number of hydrogen-bond acceptors (Lipinski definition) is 0. The number of aryl methyl sites for hydroxylation is 1. The van der Waals surface area contributed by atoms with E-state index in [0.717, 1.165) is 12.8 Å². The molecule has 1 aromatic rings. The molecule has 13 heavy (non-hydrogen) atoms. The third-order valence-corrected chi connectivity index (χ3v) is 2.69. The molecule has 0 saturated carbocycles. The van der Waals surface area contributed by atoms with Gasteiger partial charge in [-0.05, 0) is 30.5 Å². The summed E-state index contributed by atoms with van der Waals surface area (Å²) in [4.78, 5) is 0. The molecule has 0 amide bonds. The molecule has 0 heterocycles. The Morgan fingerprint density at radius 1 is 1.08 bits per heavy atom. The van der Waals surface area contributed by atoms with E-state index in [1.807, 2.05) is 18.2 Å². The third-order valence-electron chi connectivity index (χ3n) is 1.95. The van der Waals surface area contributed by atoms with Crippen LogP contribution in [0.25, 0.3) is 0 Å². The smallest absolute Gasteiger partial charge is 0.0595 e. The van der Waals surface area contributed by atoms with Crippen molar-refractivity contribution < 1.29 is 0 Å². The van der Waals surface area contributed by atoms with E-state index in [1.54, 1.807) is 0 Å². The summed E-state index contributed by atoms with van der Waals surface area (Å²) >= 11 is 11.7. The highest BCUT2D eigenvalue weighted by atomic mass is 35.5. The van der Waals surface area contributed by atoms with Crippen molar-refractivity contribution in [3.63, 3.8) is 0 Å². The summed E-state index contributed by atoms with van der Waals surface area (Å²) in [6.45, 7) is 3.80. The fourth-order valence-electron chi connectivity index (χ4n) is 1.20. The lowest BCUT2D eigenvalue weighted by atomic mass is 10.1. The molecule has 0 atom stereocenters. The Hall–Kier alpha value is -0.200. The van der Waals surface area contributed by atoms with Crippen molar-refractivity contribution in [3.8, 4) is 0 Å². The molecule has 0 unspecified atom stereocenters. The second-order valence-electron chi connectivity index (χ2n) is 3.06. The van der Waals surface area contributed by atoms with Gasteiger partial charge in [0.15, 0.2) is 0 Å². The molecule has 1 rings (SSSR count). The highest BCUT2D eigenvalue weighted by Crippen LogP contribution is 2.23. The van der Waals surface area contributed by atoms with E-state index in [0.29, 0.717) is 10.0 Å². The number of rotatable bonds is 4. The van der Waals surface area contributed by atoms with Gasteiger partial charge in [0, 0.05) is 0 Å². The van der Waals surface area contributed by atoms with E-state index < -0.39 is 0 Å². The molecule has 0 bridgehead atoms. The highest BCUT2D eigenvalue weighted by Gasteiger charge is 1.98. The Morgan fingerprint density at radius 3 is 2.46 bits per heavy atom. The van der Waals surface area contributed by atoms with Crippen LogP contribution in [0, 0.1) is 6.92 Å². The Morgan fingerprint density at radius 2 is 1.85 bits per heavy atom. The summed E-state index contributed by atoms with van der Waals surface area (Å²) in [5, 5.41) is 1.27. The molecule has 71 valence electrons. The summed E-state index contributed by atoms with van der Waals surface area (Å²) in [6, 6.07) is 5.81. The highest BCUT2D eigenvalue weighted by molar-refractivity contribution is 6.42. The van der Waals surface area contributed by atoms with E-state index in [1.165, 1.54) is 18.4 Å². The number of benzene rings is 1. The zero-order valence-corrected chi connectivity index (χ0v) is 9.04. The van der Waals surface area contributed by atoms with Gasteiger partial charge < -0.3 is 0 Å². The van der Waals surface area contributed by atoms with Crippen LogP contribution in [0.15, 0.2) is 18.2 Å². The zero-order valence-electron chi connectivity index (χ0n) is 7.52. The average Bonchev–Trinajstić information content (AvgIpc) is 2.12. The fraction of sp³-hybridized carbons (Fsp3) is 0.364. The maximum absolute atomic E-state index is 5.88.